The fourth-order valence-electron chi connectivity index (χ4n) is 2.97. The van der Waals surface area contributed by atoms with E-state index in [9.17, 15) is 0 Å². The molecule has 1 aromatic rings. The maximum Gasteiger partial charge on any atom is 0.0842 e. The summed E-state index contributed by atoms with van der Waals surface area (Å²) in [6, 6.07) is 9.23. The van der Waals surface area contributed by atoms with Crippen molar-refractivity contribution in [2.75, 3.05) is 13.7 Å². The van der Waals surface area contributed by atoms with Gasteiger partial charge in [0.25, 0.3) is 0 Å². The average molecular weight is 261 g/mol. The summed E-state index contributed by atoms with van der Waals surface area (Å²) in [7, 11) is 2.06. The molecular formula is C17H27NO. The van der Waals surface area contributed by atoms with E-state index in [0.717, 1.165) is 19.4 Å². The summed E-state index contributed by atoms with van der Waals surface area (Å²) in [5.41, 5.74) is 3.20. The van der Waals surface area contributed by atoms with Gasteiger partial charge in [-0.05, 0) is 42.9 Å². The van der Waals surface area contributed by atoms with Crippen molar-refractivity contribution in [3.05, 3.63) is 35.4 Å². The van der Waals surface area contributed by atoms with E-state index in [4.69, 9.17) is 4.74 Å². The zero-order chi connectivity index (χ0) is 13.9. The molecule has 0 fully saturated rings. The predicted octanol–water partition coefficient (Wildman–Crippen LogP) is 3.71. The number of nitrogens with one attached hydrogen (secondary N) is 1. The Morgan fingerprint density at radius 1 is 1.32 bits per heavy atom. The van der Waals surface area contributed by atoms with Crippen molar-refractivity contribution in [1.29, 1.82) is 0 Å². The van der Waals surface area contributed by atoms with Gasteiger partial charge in [-0.1, -0.05) is 45.0 Å². The third-order valence-electron chi connectivity index (χ3n) is 3.86. The summed E-state index contributed by atoms with van der Waals surface area (Å²) in [6.07, 6.45) is 3.54. The zero-order valence-electron chi connectivity index (χ0n) is 12.7. The molecule has 0 radical (unpaired) electrons. The molecule has 2 rings (SSSR count). The van der Waals surface area contributed by atoms with Crippen LogP contribution in [0.15, 0.2) is 24.3 Å². The van der Waals surface area contributed by atoms with Crippen LogP contribution in [-0.4, -0.2) is 19.7 Å². The molecule has 2 atom stereocenters. The second kappa shape index (κ2) is 6.06. The molecule has 2 nitrogen and oxygen atoms in total. The number of ether oxygens (including phenoxy) is 1. The monoisotopic (exact) mass is 261 g/mol. The first-order chi connectivity index (χ1) is 8.99. The SMILES string of the molecule is CNC(CC1OCCc2ccccc21)CC(C)(C)C. The molecule has 0 spiro atoms. The molecule has 0 aliphatic carbocycles. The van der Waals surface area contributed by atoms with Crippen molar-refractivity contribution < 1.29 is 4.74 Å². The van der Waals surface area contributed by atoms with Gasteiger partial charge in [0.05, 0.1) is 12.7 Å². The maximum absolute atomic E-state index is 6.01. The number of rotatable bonds is 4. The van der Waals surface area contributed by atoms with E-state index in [2.05, 4.69) is 57.4 Å². The van der Waals surface area contributed by atoms with Crippen LogP contribution in [-0.2, 0) is 11.2 Å². The fourth-order valence-corrected chi connectivity index (χ4v) is 2.97. The number of benzene rings is 1. The Hall–Kier alpha value is -0.860. The Balaban J connectivity index is 2.07. The van der Waals surface area contributed by atoms with Crippen LogP contribution in [0.25, 0.3) is 0 Å². The molecule has 0 saturated heterocycles. The lowest BCUT2D eigenvalue weighted by atomic mass is 9.84. The second-order valence-corrected chi connectivity index (χ2v) is 6.79. The molecule has 0 bridgehead atoms. The highest BCUT2D eigenvalue weighted by Gasteiger charge is 2.25. The summed E-state index contributed by atoms with van der Waals surface area (Å²) in [5, 5.41) is 3.46. The van der Waals surface area contributed by atoms with Crippen LogP contribution >= 0.6 is 0 Å². The normalized spacial score (nSPS) is 20.9. The summed E-state index contributed by atoms with van der Waals surface area (Å²) in [4.78, 5) is 0. The largest absolute Gasteiger partial charge is 0.373 e. The standard InChI is InChI=1S/C17H27NO/c1-17(2,3)12-14(18-4)11-16-15-8-6-5-7-13(15)9-10-19-16/h5-8,14,16,18H,9-12H2,1-4H3. The van der Waals surface area contributed by atoms with E-state index < -0.39 is 0 Å². The molecule has 2 unspecified atom stereocenters. The Morgan fingerprint density at radius 2 is 2.05 bits per heavy atom. The smallest absolute Gasteiger partial charge is 0.0842 e. The van der Waals surface area contributed by atoms with Crippen molar-refractivity contribution in [2.45, 2.75) is 52.2 Å². The highest BCUT2D eigenvalue weighted by Crippen LogP contribution is 2.33. The summed E-state index contributed by atoms with van der Waals surface area (Å²) in [5.74, 6) is 0. The van der Waals surface area contributed by atoms with Gasteiger partial charge in [0.1, 0.15) is 0 Å². The Morgan fingerprint density at radius 3 is 2.74 bits per heavy atom. The molecule has 1 aromatic carbocycles. The van der Waals surface area contributed by atoms with E-state index in [1.807, 2.05) is 0 Å². The Kier molecular flexibility index (Phi) is 4.64. The van der Waals surface area contributed by atoms with Crippen LogP contribution < -0.4 is 5.32 Å². The highest BCUT2D eigenvalue weighted by molar-refractivity contribution is 5.31. The van der Waals surface area contributed by atoms with Crippen LogP contribution in [0, 0.1) is 5.41 Å². The minimum Gasteiger partial charge on any atom is -0.373 e. The van der Waals surface area contributed by atoms with E-state index in [1.165, 1.54) is 17.5 Å². The van der Waals surface area contributed by atoms with Gasteiger partial charge >= 0.3 is 0 Å². The van der Waals surface area contributed by atoms with Crippen molar-refractivity contribution >= 4 is 0 Å². The highest BCUT2D eigenvalue weighted by atomic mass is 16.5. The van der Waals surface area contributed by atoms with Crippen molar-refractivity contribution in [3.8, 4) is 0 Å². The number of hydrogen-bond acceptors (Lipinski definition) is 2. The van der Waals surface area contributed by atoms with Gasteiger partial charge in [0.15, 0.2) is 0 Å². The van der Waals surface area contributed by atoms with Crippen LogP contribution in [0.3, 0.4) is 0 Å². The first-order valence-corrected chi connectivity index (χ1v) is 7.36. The lowest BCUT2D eigenvalue weighted by molar-refractivity contribution is 0.0269. The summed E-state index contributed by atoms with van der Waals surface area (Å²) in [6.45, 7) is 7.75. The lowest BCUT2D eigenvalue weighted by Crippen LogP contribution is -2.33. The topological polar surface area (TPSA) is 21.3 Å². The van der Waals surface area contributed by atoms with Gasteiger partial charge in [-0.15, -0.1) is 0 Å². The second-order valence-electron chi connectivity index (χ2n) is 6.79. The van der Waals surface area contributed by atoms with Crippen LogP contribution in [0.2, 0.25) is 0 Å². The third-order valence-corrected chi connectivity index (χ3v) is 3.86. The van der Waals surface area contributed by atoms with Crippen LogP contribution in [0.1, 0.15) is 50.8 Å². The molecule has 0 saturated carbocycles. The molecule has 1 aliphatic heterocycles. The lowest BCUT2D eigenvalue weighted by Gasteiger charge is -2.32. The summed E-state index contributed by atoms with van der Waals surface area (Å²) >= 11 is 0. The van der Waals surface area contributed by atoms with Crippen molar-refractivity contribution in [3.63, 3.8) is 0 Å². The Bertz CT molecular complexity index is 408. The molecular weight excluding hydrogens is 234 g/mol. The molecule has 1 heterocycles. The molecule has 0 amide bonds. The van der Waals surface area contributed by atoms with Gasteiger partial charge < -0.3 is 10.1 Å². The fraction of sp³-hybridized carbons (Fsp3) is 0.647. The van der Waals surface area contributed by atoms with Gasteiger partial charge in [-0.25, -0.2) is 0 Å². The molecule has 2 heteroatoms. The molecule has 1 N–H and O–H groups in total. The third kappa shape index (κ3) is 4.05. The summed E-state index contributed by atoms with van der Waals surface area (Å²) < 4.78 is 6.01. The molecule has 19 heavy (non-hydrogen) atoms. The quantitative estimate of drug-likeness (QED) is 0.892. The van der Waals surface area contributed by atoms with E-state index in [0.29, 0.717) is 11.5 Å². The molecule has 106 valence electrons. The van der Waals surface area contributed by atoms with E-state index >= 15 is 0 Å². The zero-order valence-corrected chi connectivity index (χ0v) is 12.7. The minimum atomic E-state index is 0.254. The van der Waals surface area contributed by atoms with Gasteiger partial charge in [0.2, 0.25) is 0 Å². The van der Waals surface area contributed by atoms with Crippen molar-refractivity contribution in [1.82, 2.24) is 5.32 Å². The van der Waals surface area contributed by atoms with Gasteiger partial charge in [-0.2, -0.15) is 0 Å². The van der Waals surface area contributed by atoms with Crippen LogP contribution in [0.5, 0.6) is 0 Å². The Labute approximate surface area is 117 Å². The average Bonchev–Trinajstić information content (AvgIpc) is 2.37. The number of fused-ring (bicyclic) bond motifs is 1. The molecule has 0 aromatic heterocycles. The van der Waals surface area contributed by atoms with Crippen molar-refractivity contribution in [2.24, 2.45) is 5.41 Å². The van der Waals surface area contributed by atoms with E-state index in [-0.39, 0.29) is 6.10 Å². The molecule has 1 aliphatic rings. The van der Waals surface area contributed by atoms with E-state index in [1.54, 1.807) is 0 Å². The first-order valence-electron chi connectivity index (χ1n) is 7.36. The maximum atomic E-state index is 6.01. The number of hydrogen-bond donors (Lipinski definition) is 1. The van der Waals surface area contributed by atoms with Gasteiger partial charge in [-0.3, -0.25) is 0 Å². The van der Waals surface area contributed by atoms with Crippen LogP contribution in [0.4, 0.5) is 0 Å². The van der Waals surface area contributed by atoms with Gasteiger partial charge in [0, 0.05) is 6.04 Å². The minimum absolute atomic E-state index is 0.254. The first kappa shape index (κ1) is 14.5. The predicted molar refractivity (Wildman–Crippen MR) is 80.4 cm³/mol.